The van der Waals surface area contributed by atoms with E-state index in [1.54, 1.807) is 36.1 Å². The number of carbonyl (C=O) groups is 1. The molecule has 3 aromatic rings. The van der Waals surface area contributed by atoms with Crippen LogP contribution in [-0.2, 0) is 6.61 Å². The molecule has 1 saturated heterocycles. The molecule has 1 aliphatic rings. The topological polar surface area (TPSA) is 65.9 Å². The van der Waals surface area contributed by atoms with Gasteiger partial charge in [0.2, 0.25) is 5.88 Å². The van der Waals surface area contributed by atoms with E-state index >= 15 is 0 Å². The summed E-state index contributed by atoms with van der Waals surface area (Å²) < 4.78 is 47.9. The van der Waals surface area contributed by atoms with Crippen LogP contribution in [-0.4, -0.2) is 59.6 Å². The normalized spacial score (nSPS) is 14.8. The number of nitrogens with zero attached hydrogens (tertiary/aromatic N) is 3. The number of carboxylic acid groups (broad SMARTS) is 1. The minimum Gasteiger partial charge on any atom is -0.478 e. The molecular formula is C30H33ClF3N3O3. The Bertz CT molecular complexity index is 1330. The molecule has 1 aliphatic heterocycles. The molecule has 0 saturated carbocycles. The maximum atomic E-state index is 14.1. The standard InChI is InChI=1S/C30H33ClF3N3O3/c1-20-6-7-22(29(38)39)16-27(20)37(19-30(2,33)34)15-14-36-12-10-21(11-13-36)26-4-3-5-28(35-26)40-18-23-8-9-24(31)17-25(23)32/h3-9,16-17,21H,10-15,18-19H2,1-2H3,(H,38,39). The third-order valence-electron chi connectivity index (χ3n) is 7.09. The third-order valence-corrected chi connectivity index (χ3v) is 7.33. The summed E-state index contributed by atoms with van der Waals surface area (Å²) in [7, 11) is 0. The Morgan fingerprint density at radius 3 is 2.60 bits per heavy atom. The van der Waals surface area contributed by atoms with Crippen LogP contribution in [0.4, 0.5) is 18.9 Å². The first-order valence-corrected chi connectivity index (χ1v) is 13.6. The summed E-state index contributed by atoms with van der Waals surface area (Å²) in [6.07, 6.45) is 1.69. The number of hydrogen-bond acceptors (Lipinski definition) is 5. The third kappa shape index (κ3) is 8.11. The van der Waals surface area contributed by atoms with Crippen molar-refractivity contribution in [1.29, 1.82) is 0 Å². The molecule has 40 heavy (non-hydrogen) atoms. The number of aryl methyl sites for hydroxylation is 1. The Labute approximate surface area is 237 Å². The van der Waals surface area contributed by atoms with Crippen molar-refractivity contribution in [2.45, 2.75) is 45.1 Å². The van der Waals surface area contributed by atoms with E-state index in [1.807, 2.05) is 12.1 Å². The van der Waals surface area contributed by atoms with Gasteiger partial charge in [-0.15, -0.1) is 0 Å². The number of halogens is 4. The van der Waals surface area contributed by atoms with E-state index in [0.29, 0.717) is 35.2 Å². The predicted octanol–water partition coefficient (Wildman–Crippen LogP) is 6.80. The fraction of sp³-hybridized carbons (Fsp3) is 0.400. The minimum absolute atomic E-state index is 0.0417. The maximum absolute atomic E-state index is 14.1. The number of alkyl halides is 2. The van der Waals surface area contributed by atoms with Crippen molar-refractivity contribution in [3.05, 3.63) is 87.8 Å². The molecular weight excluding hydrogens is 543 g/mol. The van der Waals surface area contributed by atoms with Crippen LogP contribution in [0.5, 0.6) is 5.88 Å². The zero-order valence-corrected chi connectivity index (χ0v) is 23.3. The van der Waals surface area contributed by atoms with Gasteiger partial charge in [0, 0.05) is 54.0 Å². The van der Waals surface area contributed by atoms with Gasteiger partial charge in [-0.25, -0.2) is 22.9 Å². The average Bonchev–Trinajstić information content (AvgIpc) is 2.90. The molecule has 0 spiro atoms. The number of piperidine rings is 1. The molecule has 2 aromatic carbocycles. The fourth-order valence-electron chi connectivity index (χ4n) is 4.95. The van der Waals surface area contributed by atoms with Crippen molar-refractivity contribution in [2.75, 3.05) is 37.6 Å². The van der Waals surface area contributed by atoms with E-state index in [4.69, 9.17) is 16.3 Å². The van der Waals surface area contributed by atoms with Crippen LogP contribution in [0, 0.1) is 12.7 Å². The lowest BCUT2D eigenvalue weighted by Gasteiger charge is -2.35. The van der Waals surface area contributed by atoms with E-state index in [9.17, 15) is 23.1 Å². The van der Waals surface area contributed by atoms with E-state index in [0.717, 1.165) is 44.1 Å². The number of pyridine rings is 1. The Balaban J connectivity index is 1.34. The Hall–Kier alpha value is -3.30. The van der Waals surface area contributed by atoms with Crippen LogP contribution in [0.3, 0.4) is 0 Å². The molecule has 1 aromatic heterocycles. The first kappa shape index (κ1) is 29.7. The van der Waals surface area contributed by atoms with Crippen molar-refractivity contribution in [3.63, 3.8) is 0 Å². The number of aromatic carboxylic acids is 1. The summed E-state index contributed by atoms with van der Waals surface area (Å²) in [6.45, 7) is 4.69. The summed E-state index contributed by atoms with van der Waals surface area (Å²) >= 11 is 5.81. The van der Waals surface area contributed by atoms with Crippen molar-refractivity contribution in [1.82, 2.24) is 9.88 Å². The first-order valence-electron chi connectivity index (χ1n) is 13.2. The van der Waals surface area contributed by atoms with E-state index in [2.05, 4.69) is 9.88 Å². The van der Waals surface area contributed by atoms with Gasteiger partial charge in [0.25, 0.3) is 5.92 Å². The number of rotatable bonds is 11. The summed E-state index contributed by atoms with van der Waals surface area (Å²) in [6, 6.07) is 14.6. The average molecular weight is 576 g/mol. The number of ether oxygens (including phenoxy) is 1. The molecule has 10 heteroatoms. The molecule has 0 bridgehead atoms. The quantitative estimate of drug-likeness (QED) is 0.271. The number of anilines is 1. The molecule has 0 unspecified atom stereocenters. The highest BCUT2D eigenvalue weighted by Crippen LogP contribution is 2.29. The molecule has 214 valence electrons. The number of hydrogen-bond donors (Lipinski definition) is 1. The first-order chi connectivity index (χ1) is 19.0. The molecule has 6 nitrogen and oxygen atoms in total. The van der Waals surface area contributed by atoms with Gasteiger partial charge in [0.15, 0.2) is 0 Å². The fourth-order valence-corrected chi connectivity index (χ4v) is 5.11. The van der Waals surface area contributed by atoms with Crippen LogP contribution in [0.25, 0.3) is 0 Å². The van der Waals surface area contributed by atoms with E-state index in [-0.39, 0.29) is 18.1 Å². The van der Waals surface area contributed by atoms with E-state index < -0.39 is 24.3 Å². The van der Waals surface area contributed by atoms with Gasteiger partial charge in [-0.3, -0.25) is 0 Å². The van der Waals surface area contributed by atoms with Crippen LogP contribution in [0.1, 0.15) is 52.9 Å². The second kappa shape index (κ2) is 12.9. The summed E-state index contributed by atoms with van der Waals surface area (Å²) in [5, 5.41) is 9.70. The Morgan fingerprint density at radius 1 is 1.18 bits per heavy atom. The number of likely N-dealkylation sites (tertiary alicyclic amines) is 1. The zero-order valence-electron chi connectivity index (χ0n) is 22.5. The SMILES string of the molecule is Cc1ccc(C(=O)O)cc1N(CCN1CCC(c2cccc(OCc3ccc(Cl)cc3F)n2)CC1)CC(C)(F)F. The van der Waals surface area contributed by atoms with Gasteiger partial charge in [0.05, 0.1) is 12.1 Å². The summed E-state index contributed by atoms with van der Waals surface area (Å²) in [4.78, 5) is 19.9. The summed E-state index contributed by atoms with van der Waals surface area (Å²) in [5.74, 6) is -3.81. The Morgan fingerprint density at radius 2 is 1.93 bits per heavy atom. The van der Waals surface area contributed by atoms with Gasteiger partial charge in [-0.1, -0.05) is 29.8 Å². The predicted molar refractivity (Wildman–Crippen MR) is 149 cm³/mol. The largest absolute Gasteiger partial charge is 0.478 e. The lowest BCUT2D eigenvalue weighted by Crippen LogP contribution is -2.43. The highest BCUT2D eigenvalue weighted by molar-refractivity contribution is 6.30. The smallest absolute Gasteiger partial charge is 0.335 e. The number of carboxylic acids is 1. The van der Waals surface area contributed by atoms with Gasteiger partial charge in [0.1, 0.15) is 12.4 Å². The highest BCUT2D eigenvalue weighted by Gasteiger charge is 2.28. The molecule has 1 N–H and O–H groups in total. The van der Waals surface area contributed by atoms with Crippen molar-refractivity contribution in [3.8, 4) is 5.88 Å². The van der Waals surface area contributed by atoms with Crippen LogP contribution in [0.15, 0.2) is 54.6 Å². The van der Waals surface area contributed by atoms with Gasteiger partial charge >= 0.3 is 5.97 Å². The molecule has 4 rings (SSSR count). The number of aromatic nitrogens is 1. The molecule has 0 radical (unpaired) electrons. The maximum Gasteiger partial charge on any atom is 0.335 e. The molecule has 0 aliphatic carbocycles. The highest BCUT2D eigenvalue weighted by atomic mass is 35.5. The second-order valence-corrected chi connectivity index (χ2v) is 10.8. The second-order valence-electron chi connectivity index (χ2n) is 10.3. The van der Waals surface area contributed by atoms with Gasteiger partial charge in [-0.05, 0) is 68.8 Å². The van der Waals surface area contributed by atoms with Crippen molar-refractivity contribution < 1.29 is 27.8 Å². The van der Waals surface area contributed by atoms with E-state index in [1.165, 1.54) is 18.2 Å². The monoisotopic (exact) mass is 575 g/mol. The molecule has 0 atom stereocenters. The number of benzene rings is 2. The van der Waals surface area contributed by atoms with Crippen LogP contribution < -0.4 is 9.64 Å². The lowest BCUT2D eigenvalue weighted by molar-refractivity contribution is 0.0294. The van der Waals surface area contributed by atoms with Gasteiger partial charge < -0.3 is 19.6 Å². The van der Waals surface area contributed by atoms with Crippen LogP contribution >= 0.6 is 11.6 Å². The minimum atomic E-state index is -2.93. The van der Waals surface area contributed by atoms with Gasteiger partial charge in [-0.2, -0.15) is 0 Å². The van der Waals surface area contributed by atoms with Crippen molar-refractivity contribution >= 4 is 23.3 Å². The molecule has 0 amide bonds. The lowest BCUT2D eigenvalue weighted by atomic mass is 9.93. The molecule has 2 heterocycles. The molecule has 1 fully saturated rings. The van der Waals surface area contributed by atoms with Crippen LogP contribution in [0.2, 0.25) is 5.02 Å². The van der Waals surface area contributed by atoms with Crippen molar-refractivity contribution in [2.24, 2.45) is 0 Å². The zero-order chi connectivity index (χ0) is 28.9. The summed E-state index contributed by atoms with van der Waals surface area (Å²) in [5.41, 5.74) is 2.63. The Kier molecular flexibility index (Phi) is 9.58.